The Morgan fingerprint density at radius 2 is 1.81 bits per heavy atom. The van der Waals surface area contributed by atoms with Crippen LogP contribution in [0.25, 0.3) is 0 Å². The number of amides is 1. The molecule has 0 heterocycles. The van der Waals surface area contributed by atoms with Crippen molar-refractivity contribution in [3.05, 3.63) is 29.3 Å². The number of aliphatic carboxylic acids is 1. The van der Waals surface area contributed by atoms with Crippen LogP contribution in [0.5, 0.6) is 0 Å². The summed E-state index contributed by atoms with van der Waals surface area (Å²) >= 11 is 5.84. The molecule has 1 aliphatic rings. The van der Waals surface area contributed by atoms with Crippen molar-refractivity contribution in [2.45, 2.75) is 25.7 Å². The predicted octanol–water partition coefficient (Wildman–Crippen LogP) is 2.28. The summed E-state index contributed by atoms with van der Waals surface area (Å²) in [7, 11) is 0. The summed E-state index contributed by atoms with van der Waals surface area (Å²) in [6.07, 6.45) is 3.33. The van der Waals surface area contributed by atoms with Gasteiger partial charge in [-0.25, -0.2) is 0 Å². The van der Waals surface area contributed by atoms with Crippen molar-refractivity contribution in [1.82, 2.24) is 0 Å². The van der Waals surface area contributed by atoms with Gasteiger partial charge in [-0.3, -0.25) is 9.59 Å². The van der Waals surface area contributed by atoms with E-state index in [0.717, 1.165) is 12.8 Å². The highest BCUT2D eigenvalue weighted by Gasteiger charge is 2.43. The maximum atomic E-state index is 12.9. The first kappa shape index (κ1) is 15.8. The Bertz CT molecular complexity index is 524. The van der Waals surface area contributed by atoms with E-state index in [4.69, 9.17) is 22.4 Å². The van der Waals surface area contributed by atoms with Crippen LogP contribution in [0.15, 0.2) is 24.3 Å². The van der Waals surface area contributed by atoms with Gasteiger partial charge in [0.1, 0.15) is 6.54 Å². The van der Waals surface area contributed by atoms with Crippen molar-refractivity contribution in [2.75, 3.05) is 18.0 Å². The number of halogens is 1. The lowest BCUT2D eigenvalue weighted by Crippen LogP contribution is -2.48. The number of nitrogens with zero attached hydrogens (tertiary/aromatic N) is 1. The van der Waals surface area contributed by atoms with E-state index in [1.807, 2.05) is 0 Å². The van der Waals surface area contributed by atoms with Crippen LogP contribution in [0.1, 0.15) is 25.7 Å². The number of carboxylic acids is 1. The van der Waals surface area contributed by atoms with E-state index in [-0.39, 0.29) is 19.0 Å². The van der Waals surface area contributed by atoms with Crippen LogP contribution in [-0.4, -0.2) is 30.1 Å². The Labute approximate surface area is 128 Å². The summed E-state index contributed by atoms with van der Waals surface area (Å²) in [5.74, 6) is -1.25. The zero-order valence-electron chi connectivity index (χ0n) is 11.7. The minimum atomic E-state index is -1.05. The lowest BCUT2D eigenvalue weighted by molar-refractivity contribution is -0.138. The SMILES string of the molecule is NCC1(C(=O)N(CC(=O)O)c2ccc(Cl)cc2)CCCC1. The molecule has 1 aromatic rings. The molecule has 0 aliphatic heterocycles. The number of rotatable bonds is 5. The fraction of sp³-hybridized carbons (Fsp3) is 0.467. The first-order valence-corrected chi connectivity index (χ1v) is 7.36. The molecule has 0 aromatic heterocycles. The third kappa shape index (κ3) is 3.36. The van der Waals surface area contributed by atoms with Gasteiger partial charge in [0.15, 0.2) is 0 Å². The van der Waals surface area contributed by atoms with Gasteiger partial charge >= 0.3 is 5.97 Å². The van der Waals surface area contributed by atoms with Crippen LogP contribution >= 0.6 is 11.6 Å². The maximum absolute atomic E-state index is 12.9. The highest BCUT2D eigenvalue weighted by Crippen LogP contribution is 2.39. The van der Waals surface area contributed by atoms with E-state index in [1.165, 1.54) is 4.90 Å². The number of carbonyl (C=O) groups excluding carboxylic acids is 1. The first-order valence-electron chi connectivity index (χ1n) is 6.98. The lowest BCUT2D eigenvalue weighted by Gasteiger charge is -2.32. The number of anilines is 1. The number of hydrogen-bond donors (Lipinski definition) is 2. The molecule has 1 aromatic carbocycles. The Morgan fingerprint density at radius 3 is 2.29 bits per heavy atom. The summed E-state index contributed by atoms with van der Waals surface area (Å²) < 4.78 is 0. The molecule has 0 bridgehead atoms. The highest BCUT2D eigenvalue weighted by molar-refractivity contribution is 6.30. The van der Waals surface area contributed by atoms with Crippen LogP contribution in [0.3, 0.4) is 0 Å². The van der Waals surface area contributed by atoms with Gasteiger partial charge < -0.3 is 15.7 Å². The topological polar surface area (TPSA) is 83.6 Å². The molecule has 5 nitrogen and oxygen atoms in total. The molecule has 1 saturated carbocycles. The zero-order valence-corrected chi connectivity index (χ0v) is 12.5. The van der Waals surface area contributed by atoms with Gasteiger partial charge in [0, 0.05) is 17.3 Å². The third-order valence-corrected chi connectivity index (χ3v) is 4.33. The van der Waals surface area contributed by atoms with Gasteiger partial charge in [-0.05, 0) is 37.1 Å². The Balaban J connectivity index is 2.33. The van der Waals surface area contributed by atoms with Crippen molar-refractivity contribution in [2.24, 2.45) is 11.1 Å². The molecule has 1 fully saturated rings. The molecular weight excluding hydrogens is 292 g/mol. The average molecular weight is 311 g/mol. The lowest BCUT2D eigenvalue weighted by atomic mass is 9.84. The third-order valence-electron chi connectivity index (χ3n) is 4.08. The van der Waals surface area contributed by atoms with E-state index in [0.29, 0.717) is 23.6 Å². The smallest absolute Gasteiger partial charge is 0.323 e. The van der Waals surface area contributed by atoms with Crippen molar-refractivity contribution in [3.8, 4) is 0 Å². The second kappa shape index (κ2) is 6.45. The molecule has 114 valence electrons. The van der Waals surface area contributed by atoms with E-state index in [2.05, 4.69) is 0 Å². The second-order valence-electron chi connectivity index (χ2n) is 5.45. The van der Waals surface area contributed by atoms with Gasteiger partial charge in [0.25, 0.3) is 0 Å². The Kier molecular flexibility index (Phi) is 4.85. The number of carbonyl (C=O) groups is 2. The maximum Gasteiger partial charge on any atom is 0.323 e. The quantitative estimate of drug-likeness (QED) is 0.874. The number of nitrogens with two attached hydrogens (primary N) is 1. The van der Waals surface area contributed by atoms with E-state index < -0.39 is 11.4 Å². The first-order chi connectivity index (χ1) is 9.98. The minimum Gasteiger partial charge on any atom is -0.480 e. The molecule has 0 atom stereocenters. The van der Waals surface area contributed by atoms with E-state index >= 15 is 0 Å². The molecule has 0 radical (unpaired) electrons. The van der Waals surface area contributed by atoms with Gasteiger partial charge in [-0.1, -0.05) is 24.4 Å². The van der Waals surface area contributed by atoms with Gasteiger partial charge in [-0.15, -0.1) is 0 Å². The summed E-state index contributed by atoms with van der Waals surface area (Å²) in [5, 5.41) is 9.63. The standard InChI is InChI=1S/C15H19ClN2O3/c16-11-3-5-12(6-4-11)18(9-13(19)20)14(21)15(10-17)7-1-2-8-15/h3-6H,1-2,7-10,17H2,(H,19,20). The predicted molar refractivity (Wildman–Crippen MR) is 81.4 cm³/mol. The van der Waals surface area contributed by atoms with Crippen LogP contribution in [0, 0.1) is 5.41 Å². The van der Waals surface area contributed by atoms with Gasteiger partial charge in [0.2, 0.25) is 5.91 Å². The molecule has 21 heavy (non-hydrogen) atoms. The van der Waals surface area contributed by atoms with E-state index in [9.17, 15) is 9.59 Å². The summed E-state index contributed by atoms with van der Waals surface area (Å²) in [6, 6.07) is 6.59. The Morgan fingerprint density at radius 1 is 1.24 bits per heavy atom. The van der Waals surface area contributed by atoms with Crippen molar-refractivity contribution < 1.29 is 14.7 Å². The van der Waals surface area contributed by atoms with Crippen LogP contribution in [0.4, 0.5) is 5.69 Å². The monoisotopic (exact) mass is 310 g/mol. The molecule has 0 unspecified atom stereocenters. The number of carboxylic acid groups (broad SMARTS) is 1. The molecular formula is C15H19ClN2O3. The largest absolute Gasteiger partial charge is 0.480 e. The second-order valence-corrected chi connectivity index (χ2v) is 5.89. The fourth-order valence-corrected chi connectivity index (χ4v) is 3.01. The number of benzene rings is 1. The molecule has 1 aliphatic carbocycles. The summed E-state index contributed by atoms with van der Waals surface area (Å²) in [6.45, 7) is -0.127. The van der Waals surface area contributed by atoms with Crippen LogP contribution in [0.2, 0.25) is 5.02 Å². The highest BCUT2D eigenvalue weighted by atomic mass is 35.5. The molecule has 1 amide bonds. The molecule has 3 N–H and O–H groups in total. The van der Waals surface area contributed by atoms with E-state index in [1.54, 1.807) is 24.3 Å². The molecule has 6 heteroatoms. The molecule has 0 saturated heterocycles. The summed E-state index contributed by atoms with van der Waals surface area (Å²) in [5.41, 5.74) is 5.73. The normalized spacial score (nSPS) is 16.7. The fourth-order valence-electron chi connectivity index (χ4n) is 2.88. The Hall–Kier alpha value is -1.59. The van der Waals surface area contributed by atoms with Crippen molar-refractivity contribution >= 4 is 29.2 Å². The average Bonchev–Trinajstić information content (AvgIpc) is 2.95. The van der Waals surface area contributed by atoms with Crippen molar-refractivity contribution in [1.29, 1.82) is 0 Å². The van der Waals surface area contributed by atoms with Crippen LogP contribution in [-0.2, 0) is 9.59 Å². The zero-order chi connectivity index (χ0) is 15.5. The summed E-state index contributed by atoms with van der Waals surface area (Å²) in [4.78, 5) is 25.3. The van der Waals surface area contributed by atoms with Crippen molar-refractivity contribution in [3.63, 3.8) is 0 Å². The number of hydrogen-bond acceptors (Lipinski definition) is 3. The molecule has 0 spiro atoms. The minimum absolute atomic E-state index is 0.202. The van der Waals surface area contributed by atoms with Gasteiger partial charge in [0.05, 0.1) is 5.41 Å². The molecule has 2 rings (SSSR count). The van der Waals surface area contributed by atoms with Gasteiger partial charge in [-0.2, -0.15) is 0 Å². The van der Waals surface area contributed by atoms with Crippen LogP contribution < -0.4 is 10.6 Å².